The number of halogens is 1. The highest BCUT2D eigenvalue weighted by molar-refractivity contribution is 7.92. The van der Waals surface area contributed by atoms with E-state index in [-0.39, 0.29) is 0 Å². The molecule has 5 nitrogen and oxygen atoms in total. The maximum absolute atomic E-state index is 12.8. The number of anilines is 2. The van der Waals surface area contributed by atoms with Gasteiger partial charge in [0.2, 0.25) is 15.9 Å². The number of hydrogen-bond acceptors (Lipinski definition) is 3. The second-order valence-corrected chi connectivity index (χ2v) is 8.77. The highest BCUT2D eigenvalue weighted by atomic mass is 35.5. The number of benzene rings is 2. The number of nitrogens with one attached hydrogen (secondary N) is 1. The molecule has 1 amide bonds. The van der Waals surface area contributed by atoms with Gasteiger partial charge in [-0.25, -0.2) is 8.42 Å². The Morgan fingerprint density at radius 3 is 2.04 bits per heavy atom. The molecule has 0 aromatic heterocycles. The monoisotopic (exact) mass is 394 g/mol. The number of rotatable bonds is 5. The molecule has 0 aliphatic heterocycles. The third-order valence-corrected chi connectivity index (χ3v) is 5.59. The first-order valence-electron chi connectivity index (χ1n) is 8.14. The van der Waals surface area contributed by atoms with Crippen LogP contribution in [-0.2, 0) is 14.8 Å². The van der Waals surface area contributed by atoms with Gasteiger partial charge in [-0.2, -0.15) is 0 Å². The predicted molar refractivity (Wildman–Crippen MR) is 108 cm³/mol. The van der Waals surface area contributed by atoms with Crippen molar-refractivity contribution >= 4 is 38.9 Å². The average molecular weight is 395 g/mol. The third kappa shape index (κ3) is 4.56. The Hall–Kier alpha value is -2.05. The van der Waals surface area contributed by atoms with Gasteiger partial charge in [0, 0.05) is 10.7 Å². The molecule has 2 rings (SSSR count). The fourth-order valence-corrected chi connectivity index (χ4v) is 4.30. The number of nitrogens with zero attached hydrogens (tertiary/aromatic N) is 1. The topological polar surface area (TPSA) is 66.5 Å². The summed E-state index contributed by atoms with van der Waals surface area (Å²) >= 11 is 5.88. The lowest BCUT2D eigenvalue weighted by atomic mass is 10.0. The van der Waals surface area contributed by atoms with Gasteiger partial charge in [-0.15, -0.1) is 0 Å². The van der Waals surface area contributed by atoms with Crippen molar-refractivity contribution in [2.45, 2.75) is 33.7 Å². The zero-order chi connectivity index (χ0) is 19.6. The maximum Gasteiger partial charge on any atom is 0.248 e. The summed E-state index contributed by atoms with van der Waals surface area (Å²) in [6, 6.07) is 9.36. The summed E-state index contributed by atoms with van der Waals surface area (Å²) in [5.41, 5.74) is 4.06. The Labute approximate surface area is 160 Å². The van der Waals surface area contributed by atoms with Gasteiger partial charge in [0.15, 0.2) is 0 Å². The minimum atomic E-state index is -3.66. The summed E-state index contributed by atoms with van der Waals surface area (Å²) in [7, 11) is -3.66. The molecule has 1 atom stereocenters. The van der Waals surface area contributed by atoms with Crippen LogP contribution in [0.5, 0.6) is 0 Å². The zero-order valence-corrected chi connectivity index (χ0v) is 17.1. The Bertz CT molecular complexity index is 901. The predicted octanol–water partition coefficient (Wildman–Crippen LogP) is 4.06. The minimum absolute atomic E-state index is 0.386. The fourth-order valence-electron chi connectivity index (χ4n) is 3.00. The zero-order valence-electron chi connectivity index (χ0n) is 15.5. The highest BCUT2D eigenvalue weighted by Crippen LogP contribution is 2.25. The number of carbonyl (C=O) groups excluding carboxylic acids is 1. The Morgan fingerprint density at radius 2 is 1.58 bits per heavy atom. The molecule has 2 aromatic rings. The van der Waals surface area contributed by atoms with Crippen LogP contribution >= 0.6 is 11.6 Å². The summed E-state index contributed by atoms with van der Waals surface area (Å²) in [5, 5.41) is 3.36. The van der Waals surface area contributed by atoms with Crippen LogP contribution in [0.3, 0.4) is 0 Å². The number of aryl methyl sites for hydroxylation is 3. The first-order chi connectivity index (χ1) is 12.0. The highest BCUT2D eigenvalue weighted by Gasteiger charge is 2.29. The van der Waals surface area contributed by atoms with Gasteiger partial charge in [-0.1, -0.05) is 29.3 Å². The quantitative estimate of drug-likeness (QED) is 0.831. The number of carbonyl (C=O) groups is 1. The van der Waals surface area contributed by atoms with Crippen LogP contribution in [0.4, 0.5) is 11.4 Å². The van der Waals surface area contributed by atoms with Gasteiger partial charge < -0.3 is 5.32 Å². The van der Waals surface area contributed by atoms with Crippen molar-refractivity contribution < 1.29 is 13.2 Å². The SMILES string of the molecule is Cc1cc(C)c(NC(=O)[C@H](C)N(c2ccc(Cl)cc2)S(C)(=O)=O)c(C)c1. The lowest BCUT2D eigenvalue weighted by molar-refractivity contribution is -0.116. The van der Waals surface area contributed by atoms with Crippen molar-refractivity contribution in [3.8, 4) is 0 Å². The molecule has 26 heavy (non-hydrogen) atoms. The molecule has 0 saturated carbocycles. The molecule has 0 saturated heterocycles. The second kappa shape index (κ2) is 7.68. The van der Waals surface area contributed by atoms with E-state index in [0.29, 0.717) is 16.4 Å². The van der Waals surface area contributed by atoms with Crippen molar-refractivity contribution in [3.05, 3.63) is 58.1 Å². The molecule has 0 unspecified atom stereocenters. The molecule has 140 valence electrons. The Balaban J connectivity index is 2.36. The molecule has 0 radical (unpaired) electrons. The lowest BCUT2D eigenvalue weighted by Gasteiger charge is -2.28. The largest absolute Gasteiger partial charge is 0.324 e. The summed E-state index contributed by atoms with van der Waals surface area (Å²) in [6.45, 7) is 7.37. The normalized spacial score (nSPS) is 12.5. The number of amides is 1. The molecular formula is C19H23ClN2O3S. The second-order valence-electron chi connectivity index (χ2n) is 6.47. The van der Waals surface area contributed by atoms with Crippen molar-refractivity contribution in [2.75, 3.05) is 15.9 Å². The number of hydrogen-bond donors (Lipinski definition) is 1. The van der Waals surface area contributed by atoms with Crippen LogP contribution in [0.1, 0.15) is 23.6 Å². The Morgan fingerprint density at radius 1 is 1.08 bits per heavy atom. The van der Waals surface area contributed by atoms with E-state index < -0.39 is 22.0 Å². The average Bonchev–Trinajstić information content (AvgIpc) is 2.51. The van der Waals surface area contributed by atoms with Crippen molar-refractivity contribution in [1.82, 2.24) is 0 Å². The van der Waals surface area contributed by atoms with Gasteiger partial charge in [0.1, 0.15) is 6.04 Å². The van der Waals surface area contributed by atoms with Crippen LogP contribution in [-0.4, -0.2) is 26.6 Å². The molecule has 0 fully saturated rings. The molecule has 0 aliphatic carbocycles. The van der Waals surface area contributed by atoms with Gasteiger partial charge in [0.25, 0.3) is 0 Å². The summed E-state index contributed by atoms with van der Waals surface area (Å²) in [4.78, 5) is 12.8. The summed E-state index contributed by atoms with van der Waals surface area (Å²) in [5.74, 6) is -0.402. The minimum Gasteiger partial charge on any atom is -0.324 e. The van der Waals surface area contributed by atoms with Crippen LogP contribution in [0, 0.1) is 20.8 Å². The van der Waals surface area contributed by atoms with E-state index >= 15 is 0 Å². The van der Waals surface area contributed by atoms with Crippen LogP contribution < -0.4 is 9.62 Å². The van der Waals surface area contributed by atoms with Gasteiger partial charge in [-0.05, 0) is 63.1 Å². The van der Waals surface area contributed by atoms with Gasteiger partial charge >= 0.3 is 0 Å². The maximum atomic E-state index is 12.8. The molecule has 2 aromatic carbocycles. The van der Waals surface area contributed by atoms with Crippen molar-refractivity contribution in [1.29, 1.82) is 0 Å². The van der Waals surface area contributed by atoms with E-state index in [1.165, 1.54) is 0 Å². The van der Waals surface area contributed by atoms with Gasteiger partial charge in [0.05, 0.1) is 11.9 Å². The molecular weight excluding hydrogens is 372 g/mol. The van der Waals surface area contributed by atoms with Crippen molar-refractivity contribution in [3.63, 3.8) is 0 Å². The third-order valence-electron chi connectivity index (χ3n) is 4.09. The van der Waals surface area contributed by atoms with E-state index in [4.69, 9.17) is 11.6 Å². The van der Waals surface area contributed by atoms with Crippen LogP contribution in [0.15, 0.2) is 36.4 Å². The lowest BCUT2D eigenvalue weighted by Crippen LogP contribution is -2.45. The van der Waals surface area contributed by atoms with E-state index in [2.05, 4.69) is 5.32 Å². The van der Waals surface area contributed by atoms with E-state index in [0.717, 1.165) is 27.3 Å². The van der Waals surface area contributed by atoms with E-state index in [9.17, 15) is 13.2 Å². The van der Waals surface area contributed by atoms with Crippen LogP contribution in [0.2, 0.25) is 5.02 Å². The van der Waals surface area contributed by atoms with Crippen molar-refractivity contribution in [2.24, 2.45) is 0 Å². The first kappa shape index (κ1) is 20.3. The van der Waals surface area contributed by atoms with E-state index in [1.807, 2.05) is 32.9 Å². The standard InChI is InChI=1S/C19H23ClN2O3S/c1-12-10-13(2)18(14(3)11-12)21-19(23)15(4)22(26(5,24)25)17-8-6-16(20)7-9-17/h6-11,15H,1-5H3,(H,21,23)/t15-/m0/s1. The van der Waals surface area contributed by atoms with Gasteiger partial charge in [-0.3, -0.25) is 9.10 Å². The molecule has 0 heterocycles. The molecule has 7 heteroatoms. The molecule has 1 N–H and O–H groups in total. The molecule has 0 aliphatic rings. The van der Waals surface area contributed by atoms with E-state index in [1.54, 1.807) is 31.2 Å². The molecule has 0 bridgehead atoms. The summed E-state index contributed by atoms with van der Waals surface area (Å²) < 4.78 is 25.7. The smallest absolute Gasteiger partial charge is 0.248 e. The Kier molecular flexibility index (Phi) is 5.98. The summed E-state index contributed by atoms with van der Waals surface area (Å²) in [6.07, 6.45) is 1.08. The number of sulfonamides is 1. The fraction of sp³-hybridized carbons (Fsp3) is 0.316. The molecule has 0 spiro atoms. The van der Waals surface area contributed by atoms with Crippen LogP contribution in [0.25, 0.3) is 0 Å². The first-order valence-corrected chi connectivity index (χ1v) is 10.4.